The molecule has 2 N–H and O–H groups in total. The van der Waals surface area contributed by atoms with Crippen LogP contribution in [-0.2, 0) is 23.6 Å². The molecule has 0 saturated heterocycles. The Hall–Kier alpha value is -1.74. The summed E-state index contributed by atoms with van der Waals surface area (Å²) in [5.41, 5.74) is 0. The summed E-state index contributed by atoms with van der Waals surface area (Å²) in [7, 11) is -1.89. The molecule has 0 unspecified atom stereocenters. The minimum Gasteiger partial charge on any atom is -0.274 e. The first kappa shape index (κ1) is 10.8. The molecule has 0 aliphatic rings. The lowest BCUT2D eigenvalue weighted by Crippen LogP contribution is -2.23. The summed E-state index contributed by atoms with van der Waals surface area (Å²) in [5.74, 6) is 0.451. The van der Waals surface area contributed by atoms with E-state index in [-0.39, 0.29) is 11.4 Å². The highest BCUT2D eigenvalue weighted by molar-refractivity contribution is 7.89. The van der Waals surface area contributed by atoms with Crippen LogP contribution in [0.5, 0.6) is 0 Å². The lowest BCUT2D eigenvalue weighted by molar-refractivity contribution is 0.579. The maximum absolute atomic E-state index is 11.7. The van der Waals surface area contributed by atoms with Crippen LogP contribution in [0.15, 0.2) is 23.6 Å². The molecule has 2 rings (SSSR count). The predicted octanol–water partition coefficient (Wildman–Crippen LogP) is -0.983. The first-order valence-corrected chi connectivity index (χ1v) is 5.89. The molecule has 86 valence electrons. The number of hydrogen-bond donors (Lipinski definition) is 2. The summed E-state index contributed by atoms with van der Waals surface area (Å²) >= 11 is 0. The summed E-state index contributed by atoms with van der Waals surface area (Å²) < 4.78 is 27.2. The number of aryl methyl sites for hydroxylation is 1. The first-order valence-electron chi connectivity index (χ1n) is 4.40. The second kappa shape index (κ2) is 4.02. The van der Waals surface area contributed by atoms with Gasteiger partial charge in [-0.25, -0.2) is 18.1 Å². The van der Waals surface area contributed by atoms with Gasteiger partial charge < -0.3 is 0 Å². The van der Waals surface area contributed by atoms with Crippen molar-refractivity contribution in [3.63, 3.8) is 0 Å². The fourth-order valence-corrected chi connectivity index (χ4v) is 2.07. The molecule has 0 aliphatic heterocycles. The van der Waals surface area contributed by atoms with Gasteiger partial charge in [0.2, 0.25) is 10.0 Å². The van der Waals surface area contributed by atoms with E-state index in [1.165, 1.54) is 23.4 Å². The average Bonchev–Trinajstić information content (AvgIpc) is 2.85. The van der Waals surface area contributed by atoms with Crippen LogP contribution in [0.2, 0.25) is 0 Å². The molecule has 0 fully saturated rings. The van der Waals surface area contributed by atoms with Gasteiger partial charge in [-0.3, -0.25) is 9.78 Å². The fourth-order valence-electron chi connectivity index (χ4n) is 1.10. The third kappa shape index (κ3) is 2.25. The Morgan fingerprint density at radius 3 is 2.94 bits per heavy atom. The second-order valence-corrected chi connectivity index (χ2v) is 4.87. The van der Waals surface area contributed by atoms with Gasteiger partial charge in [-0.05, 0) is 0 Å². The minimum atomic E-state index is -3.54. The molecule has 2 aromatic rings. The number of nitrogens with zero attached hydrogens (tertiary/aromatic N) is 4. The molecule has 8 nitrogen and oxygen atoms in total. The summed E-state index contributed by atoms with van der Waals surface area (Å²) in [6.07, 6.45) is 4.01. The smallest absolute Gasteiger partial charge is 0.244 e. The van der Waals surface area contributed by atoms with Crippen LogP contribution >= 0.6 is 0 Å². The molecule has 0 spiro atoms. The molecule has 9 heteroatoms. The topological polar surface area (TPSA) is 106 Å². The quantitative estimate of drug-likeness (QED) is 0.716. The number of aromatic amines is 1. The molecule has 0 aromatic carbocycles. The number of nitrogens with one attached hydrogen (secondary N) is 2. The molecule has 2 aromatic heterocycles. The Kier molecular flexibility index (Phi) is 2.71. The summed E-state index contributed by atoms with van der Waals surface area (Å²) in [6.45, 7) is 0.0667. The third-order valence-electron chi connectivity index (χ3n) is 1.89. The molecule has 2 heterocycles. The van der Waals surface area contributed by atoms with Crippen molar-refractivity contribution in [3.8, 4) is 0 Å². The molecular weight excluding hydrogens is 232 g/mol. The SMILES string of the molecule is Cn1cc(S(=O)(=O)NCc2ncn[nH]2)cn1. The van der Waals surface area contributed by atoms with E-state index in [1.54, 1.807) is 7.05 Å². The molecule has 0 amide bonds. The lowest BCUT2D eigenvalue weighted by Gasteiger charge is -2.01. The van der Waals surface area contributed by atoms with Crippen LogP contribution < -0.4 is 4.72 Å². The zero-order chi connectivity index (χ0) is 11.6. The maximum atomic E-state index is 11.7. The molecule has 0 atom stereocenters. The van der Waals surface area contributed by atoms with Crippen LogP contribution in [0.4, 0.5) is 0 Å². The van der Waals surface area contributed by atoms with Crippen molar-refractivity contribution in [3.05, 3.63) is 24.5 Å². The molecule has 0 radical (unpaired) electrons. The number of aromatic nitrogens is 5. The monoisotopic (exact) mass is 242 g/mol. The number of H-pyrrole nitrogens is 1. The van der Waals surface area contributed by atoms with Crippen molar-refractivity contribution in [1.82, 2.24) is 29.7 Å². The maximum Gasteiger partial charge on any atom is 0.244 e. The van der Waals surface area contributed by atoms with Gasteiger partial charge in [-0.2, -0.15) is 10.2 Å². The molecule has 0 aliphatic carbocycles. The van der Waals surface area contributed by atoms with Gasteiger partial charge in [-0.15, -0.1) is 0 Å². The van der Waals surface area contributed by atoms with E-state index < -0.39 is 10.0 Å². The number of rotatable bonds is 4. The second-order valence-electron chi connectivity index (χ2n) is 3.11. The van der Waals surface area contributed by atoms with Crippen LogP contribution in [0, 0.1) is 0 Å². The van der Waals surface area contributed by atoms with E-state index in [9.17, 15) is 8.42 Å². The van der Waals surface area contributed by atoms with Gasteiger partial charge in [0.15, 0.2) is 0 Å². The summed E-state index contributed by atoms with van der Waals surface area (Å²) in [4.78, 5) is 3.92. The van der Waals surface area contributed by atoms with Gasteiger partial charge in [0.05, 0.1) is 12.7 Å². The van der Waals surface area contributed by atoms with Gasteiger partial charge in [0.25, 0.3) is 0 Å². The number of hydrogen-bond acceptors (Lipinski definition) is 5. The van der Waals surface area contributed by atoms with Crippen LogP contribution in [0.25, 0.3) is 0 Å². The van der Waals surface area contributed by atoms with Crippen molar-refractivity contribution in [1.29, 1.82) is 0 Å². The van der Waals surface area contributed by atoms with E-state index >= 15 is 0 Å². The standard InChI is InChI=1S/C7H10N6O2S/c1-13-4-6(2-10-13)16(14,15)11-3-7-8-5-9-12-7/h2,4-5,11H,3H2,1H3,(H,8,9,12). The normalized spacial score (nSPS) is 11.8. The van der Waals surface area contributed by atoms with Crippen LogP contribution in [0.3, 0.4) is 0 Å². The third-order valence-corrected chi connectivity index (χ3v) is 3.24. The van der Waals surface area contributed by atoms with Gasteiger partial charge >= 0.3 is 0 Å². The van der Waals surface area contributed by atoms with Crippen molar-refractivity contribution in [2.24, 2.45) is 7.05 Å². The summed E-state index contributed by atoms with van der Waals surface area (Å²) in [5, 5.41) is 9.96. The fraction of sp³-hybridized carbons (Fsp3) is 0.286. The minimum absolute atomic E-state index is 0.0667. The largest absolute Gasteiger partial charge is 0.274 e. The van der Waals surface area contributed by atoms with E-state index in [0.717, 1.165) is 0 Å². The first-order chi connectivity index (χ1) is 7.58. The van der Waals surface area contributed by atoms with Crippen molar-refractivity contribution < 1.29 is 8.42 Å². The van der Waals surface area contributed by atoms with Gasteiger partial charge in [0.1, 0.15) is 17.0 Å². The lowest BCUT2D eigenvalue weighted by atomic mass is 10.6. The Morgan fingerprint density at radius 1 is 1.56 bits per heavy atom. The Balaban J connectivity index is 2.09. The van der Waals surface area contributed by atoms with Crippen LogP contribution in [-0.4, -0.2) is 33.4 Å². The number of sulfonamides is 1. The highest BCUT2D eigenvalue weighted by atomic mass is 32.2. The van der Waals surface area contributed by atoms with Gasteiger partial charge in [0, 0.05) is 13.2 Å². The predicted molar refractivity (Wildman–Crippen MR) is 53.6 cm³/mol. The van der Waals surface area contributed by atoms with Crippen molar-refractivity contribution in [2.45, 2.75) is 11.4 Å². The molecule has 16 heavy (non-hydrogen) atoms. The van der Waals surface area contributed by atoms with E-state index in [0.29, 0.717) is 5.82 Å². The van der Waals surface area contributed by atoms with E-state index in [2.05, 4.69) is 25.0 Å². The highest BCUT2D eigenvalue weighted by Gasteiger charge is 2.15. The van der Waals surface area contributed by atoms with Crippen molar-refractivity contribution >= 4 is 10.0 Å². The van der Waals surface area contributed by atoms with E-state index in [1.807, 2.05) is 0 Å². The van der Waals surface area contributed by atoms with E-state index in [4.69, 9.17) is 0 Å². The average molecular weight is 242 g/mol. The zero-order valence-corrected chi connectivity index (χ0v) is 9.27. The molecule has 0 saturated carbocycles. The molecule has 0 bridgehead atoms. The highest BCUT2D eigenvalue weighted by Crippen LogP contribution is 2.06. The zero-order valence-electron chi connectivity index (χ0n) is 8.45. The molecular formula is C7H10N6O2S. The van der Waals surface area contributed by atoms with Crippen LogP contribution in [0.1, 0.15) is 5.82 Å². The Morgan fingerprint density at radius 2 is 2.38 bits per heavy atom. The van der Waals surface area contributed by atoms with Gasteiger partial charge in [-0.1, -0.05) is 0 Å². The summed E-state index contributed by atoms with van der Waals surface area (Å²) in [6, 6.07) is 0. The Bertz CT molecular complexity index is 557. The van der Waals surface area contributed by atoms with Crippen molar-refractivity contribution in [2.75, 3.05) is 0 Å². The Labute approximate surface area is 91.8 Å².